The minimum atomic E-state index is -0.647. The maximum Gasteiger partial charge on any atom is 0.323 e. The minimum absolute atomic E-state index is 0.533. The summed E-state index contributed by atoms with van der Waals surface area (Å²) < 4.78 is 0. The summed E-state index contributed by atoms with van der Waals surface area (Å²) >= 11 is 2.08. The molecule has 0 amide bonds. The van der Waals surface area contributed by atoms with E-state index in [0.29, 0.717) is 5.25 Å². The van der Waals surface area contributed by atoms with E-state index in [1.165, 1.54) is 25.7 Å². The summed E-state index contributed by atoms with van der Waals surface area (Å²) in [5.74, 6) is 0.205. The molecule has 4 atom stereocenters. The third-order valence-corrected chi connectivity index (χ3v) is 6.47. The van der Waals surface area contributed by atoms with Gasteiger partial charge in [-0.3, -0.25) is 4.79 Å². The van der Waals surface area contributed by atoms with Crippen LogP contribution in [-0.4, -0.2) is 33.7 Å². The number of rotatable bonds is 6. The highest BCUT2D eigenvalue weighted by Gasteiger charge is 2.45. The Morgan fingerprint density at radius 3 is 2.80 bits per heavy atom. The molecule has 20 heavy (non-hydrogen) atoms. The van der Waals surface area contributed by atoms with Gasteiger partial charge in [0, 0.05) is 10.5 Å². The van der Waals surface area contributed by atoms with E-state index in [1.807, 2.05) is 0 Å². The molecule has 2 aliphatic rings. The molecule has 2 N–H and O–H groups in total. The fourth-order valence-corrected chi connectivity index (χ4v) is 5.61. The summed E-state index contributed by atoms with van der Waals surface area (Å²) in [5.41, 5.74) is -0.645. The average Bonchev–Trinajstić information content (AvgIpc) is 2.81. The summed E-state index contributed by atoms with van der Waals surface area (Å²) in [6.45, 7) is 5.25. The van der Waals surface area contributed by atoms with Crippen LogP contribution in [0.15, 0.2) is 0 Å². The first-order valence-electron chi connectivity index (χ1n) is 8.19. The first-order chi connectivity index (χ1) is 9.55. The number of aliphatic carboxylic acids is 1. The van der Waals surface area contributed by atoms with Gasteiger partial charge >= 0.3 is 5.97 Å². The lowest BCUT2D eigenvalue weighted by atomic mass is 9.91. The van der Waals surface area contributed by atoms with Crippen LogP contribution in [0.25, 0.3) is 0 Å². The fourth-order valence-electron chi connectivity index (χ4n) is 3.69. The lowest BCUT2D eigenvalue weighted by Gasteiger charge is -2.29. The standard InChI is InChI=1S/C16H29NO2S/c1-3-9-17-16(15(18)19)8-7-14(11-16)20-13-6-4-5-12(2)10-13/h12-14,17H,3-11H2,1-2H3,(H,18,19). The van der Waals surface area contributed by atoms with Gasteiger partial charge in [-0.1, -0.05) is 26.7 Å². The molecule has 0 aliphatic heterocycles. The van der Waals surface area contributed by atoms with E-state index in [1.54, 1.807) is 0 Å². The van der Waals surface area contributed by atoms with Crippen molar-refractivity contribution >= 4 is 17.7 Å². The Balaban J connectivity index is 1.87. The van der Waals surface area contributed by atoms with Gasteiger partial charge in [0.25, 0.3) is 0 Å². The Labute approximate surface area is 127 Å². The molecule has 0 aromatic rings. The highest BCUT2D eigenvalue weighted by atomic mass is 32.2. The molecule has 2 saturated carbocycles. The highest BCUT2D eigenvalue weighted by molar-refractivity contribution is 8.00. The lowest BCUT2D eigenvalue weighted by molar-refractivity contribution is -0.144. The Morgan fingerprint density at radius 2 is 2.15 bits per heavy atom. The van der Waals surface area contributed by atoms with Crippen LogP contribution in [0.1, 0.15) is 65.2 Å². The molecular formula is C16H29NO2S. The minimum Gasteiger partial charge on any atom is -0.480 e. The molecule has 3 nitrogen and oxygen atoms in total. The largest absolute Gasteiger partial charge is 0.480 e. The van der Waals surface area contributed by atoms with Crippen molar-refractivity contribution in [3.63, 3.8) is 0 Å². The zero-order valence-electron chi connectivity index (χ0n) is 12.9. The van der Waals surface area contributed by atoms with Crippen LogP contribution in [0.2, 0.25) is 0 Å². The third kappa shape index (κ3) is 3.91. The lowest BCUT2D eigenvalue weighted by Crippen LogP contribution is -2.50. The van der Waals surface area contributed by atoms with Gasteiger partial charge in [-0.15, -0.1) is 0 Å². The maximum absolute atomic E-state index is 11.6. The van der Waals surface area contributed by atoms with Gasteiger partial charge in [0.2, 0.25) is 0 Å². The molecule has 2 fully saturated rings. The average molecular weight is 299 g/mol. The van der Waals surface area contributed by atoms with Gasteiger partial charge in [0.05, 0.1) is 0 Å². The Kier molecular flexibility index (Phi) is 5.79. The topological polar surface area (TPSA) is 49.3 Å². The van der Waals surface area contributed by atoms with E-state index < -0.39 is 11.5 Å². The summed E-state index contributed by atoms with van der Waals surface area (Å²) in [4.78, 5) is 11.6. The molecule has 4 heteroatoms. The summed E-state index contributed by atoms with van der Waals surface area (Å²) in [5, 5.41) is 14.2. The molecule has 0 radical (unpaired) electrons. The van der Waals surface area contributed by atoms with Gasteiger partial charge in [0.1, 0.15) is 5.54 Å². The van der Waals surface area contributed by atoms with Crippen LogP contribution in [-0.2, 0) is 4.79 Å². The molecule has 116 valence electrons. The molecule has 0 saturated heterocycles. The first-order valence-corrected chi connectivity index (χ1v) is 9.14. The monoisotopic (exact) mass is 299 g/mol. The van der Waals surface area contributed by atoms with E-state index >= 15 is 0 Å². The molecular weight excluding hydrogens is 270 g/mol. The number of nitrogens with one attached hydrogen (secondary N) is 1. The molecule has 4 unspecified atom stereocenters. The Morgan fingerprint density at radius 1 is 1.35 bits per heavy atom. The van der Waals surface area contributed by atoms with Crippen molar-refractivity contribution in [1.29, 1.82) is 0 Å². The van der Waals surface area contributed by atoms with Crippen LogP contribution in [0.3, 0.4) is 0 Å². The first kappa shape index (κ1) is 16.2. The SMILES string of the molecule is CCCNC1(C(=O)O)CCC(SC2CCCC(C)C2)C1. The van der Waals surface area contributed by atoms with Crippen LogP contribution < -0.4 is 5.32 Å². The Hall–Kier alpha value is -0.220. The van der Waals surface area contributed by atoms with Gasteiger partial charge in [0.15, 0.2) is 0 Å². The number of thioether (sulfide) groups is 1. The van der Waals surface area contributed by atoms with Crippen molar-refractivity contribution in [3.05, 3.63) is 0 Å². The number of carboxylic acid groups (broad SMARTS) is 1. The van der Waals surface area contributed by atoms with Crippen molar-refractivity contribution in [2.24, 2.45) is 5.92 Å². The second kappa shape index (κ2) is 7.17. The second-order valence-corrected chi connectivity index (χ2v) is 8.31. The molecule has 0 bridgehead atoms. The molecule has 0 heterocycles. The maximum atomic E-state index is 11.6. The van der Waals surface area contributed by atoms with Gasteiger partial charge in [-0.25, -0.2) is 0 Å². The van der Waals surface area contributed by atoms with E-state index in [-0.39, 0.29) is 0 Å². The normalized spacial score (nSPS) is 38.0. The highest BCUT2D eigenvalue weighted by Crippen LogP contribution is 2.43. The van der Waals surface area contributed by atoms with Crippen LogP contribution in [0.4, 0.5) is 0 Å². The van der Waals surface area contributed by atoms with E-state index in [0.717, 1.165) is 43.4 Å². The summed E-state index contributed by atoms with van der Waals surface area (Å²) in [6, 6.07) is 0. The molecule has 0 aromatic carbocycles. The number of hydrogen-bond donors (Lipinski definition) is 2. The van der Waals surface area contributed by atoms with E-state index in [2.05, 4.69) is 30.9 Å². The van der Waals surface area contributed by atoms with Crippen molar-refractivity contribution in [2.75, 3.05) is 6.54 Å². The molecule has 0 spiro atoms. The molecule has 2 aliphatic carbocycles. The predicted molar refractivity (Wildman–Crippen MR) is 85.3 cm³/mol. The van der Waals surface area contributed by atoms with E-state index in [4.69, 9.17) is 0 Å². The predicted octanol–water partition coefficient (Wildman–Crippen LogP) is 3.67. The smallest absolute Gasteiger partial charge is 0.323 e. The van der Waals surface area contributed by atoms with Crippen molar-refractivity contribution in [3.8, 4) is 0 Å². The summed E-state index contributed by atoms with van der Waals surface area (Å²) in [7, 11) is 0. The zero-order valence-corrected chi connectivity index (χ0v) is 13.7. The van der Waals surface area contributed by atoms with Crippen molar-refractivity contribution in [1.82, 2.24) is 5.32 Å². The molecule has 2 rings (SSSR count). The van der Waals surface area contributed by atoms with Crippen molar-refractivity contribution < 1.29 is 9.90 Å². The van der Waals surface area contributed by atoms with Crippen LogP contribution in [0.5, 0.6) is 0 Å². The second-order valence-electron chi connectivity index (χ2n) is 6.71. The third-order valence-electron chi connectivity index (χ3n) is 4.87. The summed E-state index contributed by atoms with van der Waals surface area (Å²) in [6.07, 6.45) is 9.02. The number of carboxylic acids is 1. The van der Waals surface area contributed by atoms with Crippen molar-refractivity contribution in [2.45, 2.75) is 81.3 Å². The zero-order chi connectivity index (χ0) is 14.6. The van der Waals surface area contributed by atoms with Crippen LogP contribution >= 0.6 is 11.8 Å². The van der Waals surface area contributed by atoms with Gasteiger partial charge in [-0.2, -0.15) is 11.8 Å². The van der Waals surface area contributed by atoms with Gasteiger partial charge < -0.3 is 10.4 Å². The quantitative estimate of drug-likeness (QED) is 0.785. The fraction of sp³-hybridized carbons (Fsp3) is 0.938. The Bertz CT molecular complexity index is 336. The number of hydrogen-bond acceptors (Lipinski definition) is 3. The van der Waals surface area contributed by atoms with Crippen LogP contribution in [0, 0.1) is 5.92 Å². The van der Waals surface area contributed by atoms with Gasteiger partial charge in [-0.05, 0) is 51.0 Å². The van der Waals surface area contributed by atoms with E-state index in [9.17, 15) is 9.90 Å². The molecule has 0 aromatic heterocycles. The number of carbonyl (C=O) groups is 1.